The van der Waals surface area contributed by atoms with Crippen LogP contribution in [-0.4, -0.2) is 5.90 Å². The molecule has 34 aromatic carbocycles. The highest BCUT2D eigenvalue weighted by Crippen LogP contribution is 2.86. The zero-order valence-electron chi connectivity index (χ0n) is 39.7. The number of ether oxygens (including phenoxy) is 1. The summed E-state index contributed by atoms with van der Waals surface area (Å²) < 4.78 is 8.65. The fraction of sp³-hybridized carbons (Fsp3) is 0.0260. The number of hydrogen-bond donors (Lipinski definition) is 0. The Morgan fingerprint density at radius 3 is 0.544 bits per heavy atom. The second-order valence-electron chi connectivity index (χ2n) is 28.8. The van der Waals surface area contributed by atoms with Gasteiger partial charge in [0.05, 0.1) is 0 Å². The van der Waals surface area contributed by atoms with Gasteiger partial charge in [-0.25, -0.2) is 4.99 Å². The van der Waals surface area contributed by atoms with Gasteiger partial charge in [-0.2, -0.15) is 0 Å². The molecular weight excluding hydrogens is 955 g/mol. The molecule has 324 valence electrons. The summed E-state index contributed by atoms with van der Waals surface area (Å²) in [5, 5.41) is 103. The van der Waals surface area contributed by atoms with E-state index in [4.69, 9.17) is 9.73 Å². The highest BCUT2D eigenvalue weighted by atomic mass is 16.5. The van der Waals surface area contributed by atoms with Crippen LogP contribution in [0.5, 0.6) is 0 Å². The van der Waals surface area contributed by atoms with E-state index < -0.39 is 11.1 Å². The summed E-state index contributed by atoms with van der Waals surface area (Å²) in [4.78, 5) is 6.68. The number of benzene rings is 24. The molecule has 0 unspecified atom stereocenters. The summed E-state index contributed by atoms with van der Waals surface area (Å²) in [6, 6.07) is 11.2. The van der Waals surface area contributed by atoms with Gasteiger partial charge in [-0.05, 0) is 357 Å². The summed E-state index contributed by atoms with van der Waals surface area (Å²) in [6.07, 6.45) is 0. The molecule has 39 rings (SSSR count). The minimum Gasteiger partial charge on any atom is -0.457 e. The van der Waals surface area contributed by atoms with Crippen molar-refractivity contribution in [3.05, 3.63) is 58.1 Å². The van der Waals surface area contributed by atoms with Gasteiger partial charge in [-0.1, -0.05) is 18.2 Å². The molecular formula is C77H5NO. The van der Waals surface area contributed by atoms with E-state index in [1.54, 1.807) is 345 Å². The largest absolute Gasteiger partial charge is 0.457 e. The van der Waals surface area contributed by atoms with Crippen LogP contribution in [0.3, 0.4) is 0 Å². The van der Waals surface area contributed by atoms with Crippen LogP contribution in [0.25, 0.3) is 345 Å². The van der Waals surface area contributed by atoms with E-state index in [-0.39, 0.29) is 0 Å². The molecule has 2 nitrogen and oxygen atoms in total. The molecule has 2 heteroatoms. The van der Waals surface area contributed by atoms with Crippen molar-refractivity contribution in [1.29, 1.82) is 0 Å². The average Bonchev–Trinajstić information content (AvgIpc) is 1.41. The number of rotatable bonds is 1. The number of nitrogens with zero attached hydrogens (tertiary/aromatic N) is 1. The maximum atomic E-state index is 8.65. The Balaban J connectivity index is 1.13. The molecule has 0 fully saturated rings. The molecule has 0 atom stereocenters. The lowest BCUT2D eigenvalue weighted by molar-refractivity contribution is 0.0712. The van der Waals surface area contributed by atoms with E-state index >= 15 is 0 Å². The van der Waals surface area contributed by atoms with Gasteiger partial charge in [0.1, 0.15) is 0 Å². The fourth-order valence-corrected chi connectivity index (χ4v) is 28.3. The number of aliphatic imine (C=N–C) groups is 1. The Morgan fingerprint density at radius 1 is 0.190 bits per heavy atom. The highest BCUT2D eigenvalue weighted by Gasteiger charge is 2.75. The first-order valence-electron chi connectivity index (χ1n) is 29.3. The molecule has 0 radical (unpaired) electrons. The minimum absolute atomic E-state index is 0.812. The zero-order chi connectivity index (χ0) is 46.4. The van der Waals surface area contributed by atoms with Crippen molar-refractivity contribution in [2.45, 2.75) is 11.1 Å². The van der Waals surface area contributed by atoms with E-state index in [9.17, 15) is 0 Å². The molecule has 0 bridgehead atoms. The van der Waals surface area contributed by atoms with Crippen LogP contribution in [0.2, 0.25) is 0 Å². The molecule has 34 aromatic rings. The molecule has 0 amide bonds. The van der Waals surface area contributed by atoms with Crippen molar-refractivity contribution in [3.8, 4) is 0 Å². The lowest BCUT2D eigenvalue weighted by Gasteiger charge is -2.46. The topological polar surface area (TPSA) is 21.6 Å². The van der Waals surface area contributed by atoms with Crippen molar-refractivity contribution in [1.82, 2.24) is 0 Å². The van der Waals surface area contributed by atoms with Gasteiger partial charge < -0.3 is 4.74 Å². The van der Waals surface area contributed by atoms with Crippen molar-refractivity contribution >= 4 is 351 Å². The molecule has 79 heavy (non-hydrogen) atoms. The molecule has 0 saturated carbocycles. The van der Waals surface area contributed by atoms with Gasteiger partial charge in [0.25, 0.3) is 0 Å². The van der Waals surface area contributed by atoms with Crippen molar-refractivity contribution in [2.24, 2.45) is 4.99 Å². The van der Waals surface area contributed by atoms with Gasteiger partial charge in [0, 0.05) is 27.8 Å². The zero-order valence-corrected chi connectivity index (χ0v) is 39.7. The quantitative estimate of drug-likeness (QED) is 0.119. The Labute approximate surface area is 427 Å². The predicted octanol–water partition coefficient (Wildman–Crippen LogP) is 20.6. The molecule has 1 heterocycles. The SMILES string of the molecule is c1ccc(C2=NC34c5c6c7c8c9c%10c(c%11c%12c3c3c5c5c%13c6c6c7c7c9c9c%14c%10c%10c%11c%11c%12c%12c3c3c5c5c%15c%13c%13c6c6c7c9c7c9c%14c%10c%10c%11c%11c%12c%12c3c5c3c5c%15c%13c%13c6c7c6c7c9c%10c9c%11c%12c3c(c97)c5c%136)C84O2)cc1. The molecule has 0 saturated heterocycles. The van der Waals surface area contributed by atoms with Crippen LogP contribution in [0.1, 0.15) is 27.8 Å². The predicted molar refractivity (Wildman–Crippen MR) is 331 cm³/mol. The molecule has 4 aliphatic carbocycles. The molecule has 0 aromatic heterocycles. The monoisotopic (exact) mass is 959 g/mol. The van der Waals surface area contributed by atoms with Crippen molar-refractivity contribution in [2.75, 3.05) is 0 Å². The van der Waals surface area contributed by atoms with Gasteiger partial charge in [0.15, 0.2) is 11.1 Å². The fourth-order valence-electron chi connectivity index (χ4n) is 28.3. The van der Waals surface area contributed by atoms with Gasteiger partial charge in [-0.3, -0.25) is 0 Å². The molecule has 5 aliphatic rings. The van der Waals surface area contributed by atoms with E-state index in [2.05, 4.69) is 30.3 Å². The standard InChI is InChI=1S/C77H5NO/c1-2-4-6(5-3-1)75-78-76-71-63-55-45-35-28-19-13-7-8-10-12-11-9(7)15-22-17(11)26-27-18(12)23-16(10)25-21(14(8)19)30-36(28)46(45)56-50-40(30)32(25)42-34(23)44-38(27)48-47-37(26)43-33(22)41-31-24(15)20(13)29(35)39(31)49(55)57-51(41)61-53(43)59(47)69-70-60(48)54(44)62-52(42)58(50)66(72(76)64(56)63)68(62)74(70)77(76,79-75)73(69)67(61)65(57)71/h1-5H. The summed E-state index contributed by atoms with van der Waals surface area (Å²) in [5.41, 5.74) is 5.44. The van der Waals surface area contributed by atoms with Crippen LogP contribution in [0, 0.1) is 0 Å². The maximum Gasteiger partial charge on any atom is 0.218 e. The van der Waals surface area contributed by atoms with E-state index in [1.165, 1.54) is 22.3 Å². The van der Waals surface area contributed by atoms with E-state index in [1.807, 2.05) is 0 Å². The third kappa shape index (κ3) is 1.49. The van der Waals surface area contributed by atoms with Crippen molar-refractivity contribution < 1.29 is 4.74 Å². The summed E-state index contributed by atoms with van der Waals surface area (Å²) in [5.74, 6) is 0.839. The Bertz CT molecular complexity index is 8620. The second-order valence-corrected chi connectivity index (χ2v) is 28.8. The van der Waals surface area contributed by atoms with Crippen LogP contribution in [0.15, 0.2) is 35.3 Å². The van der Waals surface area contributed by atoms with Gasteiger partial charge >= 0.3 is 0 Å². The lowest BCUT2D eigenvalue weighted by Crippen LogP contribution is -2.49. The number of hydrogen-bond acceptors (Lipinski definition) is 2. The Morgan fingerprint density at radius 2 is 0.354 bits per heavy atom. The Kier molecular flexibility index (Phi) is 2.27. The average molecular weight is 960 g/mol. The summed E-state index contributed by atoms with van der Waals surface area (Å²) in [7, 11) is 0. The highest BCUT2D eigenvalue weighted by molar-refractivity contribution is 6.84. The molecule has 0 N–H and O–H groups in total. The Hall–Kier alpha value is -10.2. The summed E-state index contributed by atoms with van der Waals surface area (Å²) in [6.45, 7) is 0. The third-order valence-corrected chi connectivity index (χ3v) is 28.5. The smallest absolute Gasteiger partial charge is 0.218 e. The van der Waals surface area contributed by atoms with Gasteiger partial charge in [0.2, 0.25) is 5.90 Å². The van der Waals surface area contributed by atoms with Crippen LogP contribution >= 0.6 is 0 Å². The van der Waals surface area contributed by atoms with Gasteiger partial charge in [-0.15, -0.1) is 0 Å². The van der Waals surface area contributed by atoms with Crippen molar-refractivity contribution in [3.63, 3.8) is 0 Å². The third-order valence-electron chi connectivity index (χ3n) is 28.5. The first kappa shape index (κ1) is 28.3. The molecule has 1 aliphatic heterocycles. The maximum absolute atomic E-state index is 8.65. The van der Waals surface area contributed by atoms with Crippen LogP contribution < -0.4 is 0 Å². The first-order valence-corrected chi connectivity index (χ1v) is 29.3. The van der Waals surface area contributed by atoms with Crippen LogP contribution in [0.4, 0.5) is 0 Å². The first-order chi connectivity index (χ1) is 39.4. The van der Waals surface area contributed by atoms with E-state index in [0.717, 1.165) is 11.5 Å². The normalized spacial score (nSPS) is 21.9. The van der Waals surface area contributed by atoms with E-state index in [0.29, 0.717) is 0 Å². The molecule has 2 spiro atoms. The second kappa shape index (κ2) is 6.33. The minimum atomic E-state index is -0.876. The lowest BCUT2D eigenvalue weighted by atomic mass is 9.60. The van der Waals surface area contributed by atoms with Crippen LogP contribution in [-0.2, 0) is 15.9 Å². The summed E-state index contributed by atoms with van der Waals surface area (Å²) >= 11 is 0.